The lowest BCUT2D eigenvalue weighted by atomic mass is 10.1. The van der Waals surface area contributed by atoms with Gasteiger partial charge < -0.3 is 10.2 Å². The lowest BCUT2D eigenvalue weighted by Crippen LogP contribution is -1.96. The highest BCUT2D eigenvalue weighted by molar-refractivity contribution is 9.10. The molecule has 0 saturated heterocycles. The smallest absolute Gasteiger partial charge is 0.191 e. The molecule has 0 amide bonds. The summed E-state index contributed by atoms with van der Waals surface area (Å²) in [5.74, 6) is 1.38. The molecule has 1 heterocycles. The number of nitrogens with two attached hydrogens (primary N) is 1. The SMILES string of the molecule is Cc1nc(-c2ccc(Br)cc2)c(CN)o1. The summed E-state index contributed by atoms with van der Waals surface area (Å²) in [6.45, 7) is 2.19. The summed E-state index contributed by atoms with van der Waals surface area (Å²) in [6.07, 6.45) is 0. The van der Waals surface area contributed by atoms with Crippen molar-refractivity contribution in [1.29, 1.82) is 0 Å². The van der Waals surface area contributed by atoms with Crippen LogP contribution in [-0.4, -0.2) is 4.98 Å². The summed E-state index contributed by atoms with van der Waals surface area (Å²) in [5.41, 5.74) is 7.45. The van der Waals surface area contributed by atoms with Crippen molar-refractivity contribution in [3.8, 4) is 11.3 Å². The number of hydrogen-bond acceptors (Lipinski definition) is 3. The van der Waals surface area contributed by atoms with Gasteiger partial charge in [-0.25, -0.2) is 4.98 Å². The van der Waals surface area contributed by atoms with Crippen molar-refractivity contribution < 1.29 is 4.42 Å². The molecule has 2 N–H and O–H groups in total. The second-order valence-electron chi connectivity index (χ2n) is 3.22. The lowest BCUT2D eigenvalue weighted by molar-refractivity contribution is 0.477. The van der Waals surface area contributed by atoms with E-state index in [0.29, 0.717) is 12.4 Å². The van der Waals surface area contributed by atoms with Gasteiger partial charge in [0.2, 0.25) is 0 Å². The molecule has 0 aliphatic carbocycles. The van der Waals surface area contributed by atoms with E-state index in [4.69, 9.17) is 10.2 Å². The number of rotatable bonds is 2. The number of aryl methyl sites for hydroxylation is 1. The van der Waals surface area contributed by atoms with Crippen molar-refractivity contribution in [3.05, 3.63) is 40.4 Å². The third-order valence-corrected chi connectivity index (χ3v) is 2.64. The Morgan fingerprint density at radius 3 is 2.60 bits per heavy atom. The van der Waals surface area contributed by atoms with Crippen molar-refractivity contribution in [2.24, 2.45) is 5.73 Å². The predicted octanol–water partition coefficient (Wildman–Crippen LogP) is 2.87. The minimum absolute atomic E-state index is 0.367. The van der Waals surface area contributed by atoms with Crippen LogP contribution in [0.5, 0.6) is 0 Å². The summed E-state index contributed by atoms with van der Waals surface area (Å²) < 4.78 is 6.44. The zero-order chi connectivity index (χ0) is 10.8. The molecule has 2 rings (SSSR count). The first-order valence-corrected chi connectivity index (χ1v) is 5.42. The Hall–Kier alpha value is -1.13. The molecule has 15 heavy (non-hydrogen) atoms. The molecule has 3 nitrogen and oxygen atoms in total. The summed E-state index contributed by atoms with van der Waals surface area (Å²) >= 11 is 3.39. The molecule has 1 aromatic heterocycles. The molecule has 0 aliphatic heterocycles. The van der Waals surface area contributed by atoms with Crippen molar-refractivity contribution >= 4 is 15.9 Å². The molecule has 0 radical (unpaired) electrons. The molecule has 0 saturated carbocycles. The van der Waals surface area contributed by atoms with Gasteiger partial charge in [-0.15, -0.1) is 0 Å². The van der Waals surface area contributed by atoms with Gasteiger partial charge in [0, 0.05) is 17.0 Å². The van der Waals surface area contributed by atoms with E-state index in [0.717, 1.165) is 21.5 Å². The maximum atomic E-state index is 5.59. The van der Waals surface area contributed by atoms with E-state index in [1.54, 1.807) is 0 Å². The topological polar surface area (TPSA) is 52.0 Å². The Morgan fingerprint density at radius 2 is 2.00 bits per heavy atom. The van der Waals surface area contributed by atoms with Gasteiger partial charge in [0.25, 0.3) is 0 Å². The van der Waals surface area contributed by atoms with Crippen LogP contribution in [0.1, 0.15) is 11.7 Å². The highest BCUT2D eigenvalue weighted by Crippen LogP contribution is 2.24. The maximum absolute atomic E-state index is 5.59. The Balaban J connectivity index is 2.48. The molecule has 0 aliphatic rings. The molecule has 4 heteroatoms. The van der Waals surface area contributed by atoms with Crippen LogP contribution in [0.15, 0.2) is 33.2 Å². The first-order valence-electron chi connectivity index (χ1n) is 4.63. The third kappa shape index (κ3) is 2.11. The molecular formula is C11H11BrN2O. The molecule has 0 fully saturated rings. The molecular weight excluding hydrogens is 256 g/mol. The lowest BCUT2D eigenvalue weighted by Gasteiger charge is -1.98. The predicted molar refractivity (Wildman–Crippen MR) is 62.3 cm³/mol. The largest absolute Gasteiger partial charge is 0.444 e. The summed E-state index contributed by atoms with van der Waals surface area (Å²) in [4.78, 5) is 4.32. The second kappa shape index (κ2) is 4.16. The zero-order valence-corrected chi connectivity index (χ0v) is 9.91. The van der Waals surface area contributed by atoms with Crippen LogP contribution in [0.3, 0.4) is 0 Å². The first-order chi connectivity index (χ1) is 7.20. The van der Waals surface area contributed by atoms with Gasteiger partial charge >= 0.3 is 0 Å². The maximum Gasteiger partial charge on any atom is 0.191 e. The second-order valence-corrected chi connectivity index (χ2v) is 4.13. The summed E-state index contributed by atoms with van der Waals surface area (Å²) in [6, 6.07) is 7.92. The van der Waals surface area contributed by atoms with Crippen LogP contribution >= 0.6 is 15.9 Å². The minimum Gasteiger partial charge on any atom is -0.444 e. The molecule has 0 bridgehead atoms. The Morgan fingerprint density at radius 1 is 1.33 bits per heavy atom. The van der Waals surface area contributed by atoms with E-state index in [2.05, 4.69) is 20.9 Å². The van der Waals surface area contributed by atoms with Crippen LogP contribution in [0.25, 0.3) is 11.3 Å². The molecule has 78 valence electrons. The van der Waals surface area contributed by atoms with E-state index in [1.165, 1.54) is 0 Å². The normalized spacial score (nSPS) is 10.6. The quantitative estimate of drug-likeness (QED) is 0.910. The number of oxazole rings is 1. The van der Waals surface area contributed by atoms with Crippen LogP contribution in [0, 0.1) is 6.92 Å². The fourth-order valence-corrected chi connectivity index (χ4v) is 1.71. The van der Waals surface area contributed by atoms with E-state index in [-0.39, 0.29) is 0 Å². The fraction of sp³-hybridized carbons (Fsp3) is 0.182. The Bertz CT molecular complexity index is 462. The van der Waals surface area contributed by atoms with Crippen LogP contribution in [0.4, 0.5) is 0 Å². The van der Waals surface area contributed by atoms with E-state index in [9.17, 15) is 0 Å². The summed E-state index contributed by atoms with van der Waals surface area (Å²) in [5, 5.41) is 0. The monoisotopic (exact) mass is 266 g/mol. The zero-order valence-electron chi connectivity index (χ0n) is 8.33. The standard InChI is InChI=1S/C11H11BrN2O/c1-7-14-11(10(6-13)15-7)8-2-4-9(12)5-3-8/h2-5H,6,13H2,1H3. The Kier molecular flexibility index (Phi) is 2.88. The van der Waals surface area contributed by atoms with Gasteiger partial charge in [-0.2, -0.15) is 0 Å². The average molecular weight is 267 g/mol. The first kappa shape index (κ1) is 10.4. The molecule has 2 aromatic rings. The highest BCUT2D eigenvalue weighted by atomic mass is 79.9. The third-order valence-electron chi connectivity index (χ3n) is 2.11. The van der Waals surface area contributed by atoms with Crippen LogP contribution < -0.4 is 5.73 Å². The average Bonchev–Trinajstić information content (AvgIpc) is 2.61. The molecule has 0 unspecified atom stereocenters. The van der Waals surface area contributed by atoms with Gasteiger partial charge in [0.05, 0.1) is 6.54 Å². The molecule has 1 aromatic carbocycles. The van der Waals surface area contributed by atoms with E-state index < -0.39 is 0 Å². The van der Waals surface area contributed by atoms with Gasteiger partial charge in [0.15, 0.2) is 5.89 Å². The van der Waals surface area contributed by atoms with Crippen LogP contribution in [0.2, 0.25) is 0 Å². The van der Waals surface area contributed by atoms with E-state index in [1.807, 2.05) is 31.2 Å². The van der Waals surface area contributed by atoms with Crippen LogP contribution in [-0.2, 0) is 6.54 Å². The van der Waals surface area contributed by atoms with Gasteiger partial charge in [-0.1, -0.05) is 28.1 Å². The van der Waals surface area contributed by atoms with Crippen molar-refractivity contribution in [2.75, 3.05) is 0 Å². The van der Waals surface area contributed by atoms with Gasteiger partial charge in [-0.05, 0) is 12.1 Å². The summed E-state index contributed by atoms with van der Waals surface area (Å²) in [7, 11) is 0. The minimum atomic E-state index is 0.367. The molecule has 0 spiro atoms. The van der Waals surface area contributed by atoms with Crippen molar-refractivity contribution in [2.45, 2.75) is 13.5 Å². The molecule has 0 atom stereocenters. The van der Waals surface area contributed by atoms with Gasteiger partial charge in [0.1, 0.15) is 11.5 Å². The number of nitrogens with zero attached hydrogens (tertiary/aromatic N) is 1. The van der Waals surface area contributed by atoms with Crippen molar-refractivity contribution in [3.63, 3.8) is 0 Å². The van der Waals surface area contributed by atoms with Gasteiger partial charge in [-0.3, -0.25) is 0 Å². The number of halogens is 1. The van der Waals surface area contributed by atoms with E-state index >= 15 is 0 Å². The number of hydrogen-bond donors (Lipinski definition) is 1. The van der Waals surface area contributed by atoms with Crippen molar-refractivity contribution in [1.82, 2.24) is 4.98 Å². The number of aromatic nitrogens is 1. The number of benzene rings is 1. The Labute approximate surface area is 96.4 Å². The highest BCUT2D eigenvalue weighted by Gasteiger charge is 2.10. The fourth-order valence-electron chi connectivity index (χ4n) is 1.44.